The van der Waals surface area contributed by atoms with E-state index >= 15 is 0 Å². The summed E-state index contributed by atoms with van der Waals surface area (Å²) >= 11 is 0. The molecule has 0 aliphatic rings. The van der Waals surface area contributed by atoms with E-state index < -0.39 is 0 Å². The molecule has 0 bridgehead atoms. The number of anilines is 2. The Kier molecular flexibility index (Phi) is 3.32. The van der Waals surface area contributed by atoms with Crippen LogP contribution in [0.5, 0.6) is 0 Å². The highest BCUT2D eigenvalue weighted by molar-refractivity contribution is 5.69. The van der Waals surface area contributed by atoms with Crippen molar-refractivity contribution >= 4 is 11.4 Å². The normalized spacial score (nSPS) is 12.4. The molecule has 0 saturated carbocycles. The van der Waals surface area contributed by atoms with Crippen molar-refractivity contribution in [2.45, 2.75) is 26.4 Å². The Labute approximate surface area is 101 Å². The maximum atomic E-state index is 6.02. The molecule has 0 saturated heterocycles. The number of benzene rings is 1. The number of nitrogens with two attached hydrogens (primary N) is 1. The average Bonchev–Trinajstić information content (AvgIpc) is 2.77. The van der Waals surface area contributed by atoms with Gasteiger partial charge in [-0.25, -0.2) is 0 Å². The first kappa shape index (κ1) is 11.5. The van der Waals surface area contributed by atoms with Crippen LogP contribution in [0.15, 0.2) is 36.7 Å². The zero-order valence-corrected chi connectivity index (χ0v) is 10.2. The standard InChI is InChI=1S/C13H18N4/c1-10-5-3-6-12(13(10)14)16-11(2)9-17-8-4-7-15-17/h3-8,11,16H,9,14H2,1-2H3. The molecule has 1 aromatic carbocycles. The van der Waals surface area contributed by atoms with E-state index in [0.29, 0.717) is 0 Å². The fourth-order valence-electron chi connectivity index (χ4n) is 1.81. The Morgan fingerprint density at radius 1 is 1.41 bits per heavy atom. The quantitative estimate of drug-likeness (QED) is 0.792. The van der Waals surface area contributed by atoms with E-state index in [1.54, 1.807) is 6.20 Å². The van der Waals surface area contributed by atoms with E-state index in [1.807, 2.05) is 42.1 Å². The Hall–Kier alpha value is -1.97. The first-order valence-corrected chi connectivity index (χ1v) is 5.76. The topological polar surface area (TPSA) is 55.9 Å². The fraction of sp³-hybridized carbons (Fsp3) is 0.308. The molecule has 1 heterocycles. The van der Waals surface area contributed by atoms with E-state index in [0.717, 1.165) is 23.5 Å². The molecule has 2 rings (SSSR count). The van der Waals surface area contributed by atoms with Crippen LogP contribution in [0.2, 0.25) is 0 Å². The summed E-state index contributed by atoms with van der Waals surface area (Å²) in [5, 5.41) is 7.59. The highest BCUT2D eigenvalue weighted by Crippen LogP contribution is 2.22. The summed E-state index contributed by atoms with van der Waals surface area (Å²) in [5.74, 6) is 0. The van der Waals surface area contributed by atoms with Crippen LogP contribution in [0.25, 0.3) is 0 Å². The number of para-hydroxylation sites is 1. The van der Waals surface area contributed by atoms with Crippen molar-refractivity contribution in [3.63, 3.8) is 0 Å². The third-order valence-corrected chi connectivity index (χ3v) is 2.75. The minimum atomic E-state index is 0.277. The van der Waals surface area contributed by atoms with Crippen molar-refractivity contribution in [3.8, 4) is 0 Å². The molecular weight excluding hydrogens is 212 g/mol. The molecule has 17 heavy (non-hydrogen) atoms. The third kappa shape index (κ3) is 2.78. The predicted molar refractivity (Wildman–Crippen MR) is 70.9 cm³/mol. The maximum Gasteiger partial charge on any atom is 0.0608 e. The highest BCUT2D eigenvalue weighted by Gasteiger charge is 2.06. The molecule has 1 atom stereocenters. The van der Waals surface area contributed by atoms with Crippen molar-refractivity contribution in [1.82, 2.24) is 9.78 Å². The molecule has 0 radical (unpaired) electrons. The van der Waals surface area contributed by atoms with Crippen molar-refractivity contribution in [2.75, 3.05) is 11.1 Å². The lowest BCUT2D eigenvalue weighted by molar-refractivity contribution is 0.561. The van der Waals surface area contributed by atoms with Crippen LogP contribution in [-0.2, 0) is 6.54 Å². The fourth-order valence-corrected chi connectivity index (χ4v) is 1.81. The molecule has 1 unspecified atom stereocenters. The van der Waals surface area contributed by atoms with Gasteiger partial charge in [0, 0.05) is 18.4 Å². The van der Waals surface area contributed by atoms with Crippen molar-refractivity contribution < 1.29 is 0 Å². The lowest BCUT2D eigenvalue weighted by Gasteiger charge is -2.17. The summed E-state index contributed by atoms with van der Waals surface area (Å²) in [6.07, 6.45) is 3.74. The van der Waals surface area contributed by atoms with Gasteiger partial charge in [-0.2, -0.15) is 5.10 Å². The monoisotopic (exact) mass is 230 g/mol. The zero-order valence-electron chi connectivity index (χ0n) is 10.2. The SMILES string of the molecule is Cc1cccc(NC(C)Cn2cccn2)c1N. The van der Waals surface area contributed by atoms with E-state index in [2.05, 4.69) is 17.3 Å². The highest BCUT2D eigenvalue weighted by atomic mass is 15.3. The lowest BCUT2D eigenvalue weighted by Crippen LogP contribution is -2.22. The van der Waals surface area contributed by atoms with Crippen LogP contribution < -0.4 is 11.1 Å². The number of rotatable bonds is 4. The minimum Gasteiger partial charge on any atom is -0.397 e. The molecule has 0 fully saturated rings. The first-order valence-electron chi connectivity index (χ1n) is 5.76. The van der Waals surface area contributed by atoms with Crippen molar-refractivity contribution in [2.24, 2.45) is 0 Å². The lowest BCUT2D eigenvalue weighted by atomic mass is 10.1. The van der Waals surface area contributed by atoms with Crippen molar-refractivity contribution in [3.05, 3.63) is 42.2 Å². The number of aryl methyl sites for hydroxylation is 1. The largest absolute Gasteiger partial charge is 0.397 e. The van der Waals surface area contributed by atoms with Gasteiger partial charge in [0.1, 0.15) is 0 Å². The summed E-state index contributed by atoms with van der Waals surface area (Å²) in [4.78, 5) is 0. The molecular formula is C13H18N4. The molecule has 0 amide bonds. The van der Waals surface area contributed by atoms with Gasteiger partial charge in [0.2, 0.25) is 0 Å². The first-order chi connectivity index (χ1) is 8.16. The van der Waals surface area contributed by atoms with Crippen LogP contribution in [0.4, 0.5) is 11.4 Å². The van der Waals surface area contributed by atoms with Crippen molar-refractivity contribution in [1.29, 1.82) is 0 Å². The van der Waals surface area contributed by atoms with Crippen LogP contribution in [0.1, 0.15) is 12.5 Å². The van der Waals surface area contributed by atoms with Gasteiger partial charge in [-0.3, -0.25) is 4.68 Å². The van der Waals surface area contributed by atoms with Gasteiger partial charge >= 0.3 is 0 Å². The van der Waals surface area contributed by atoms with Crippen LogP contribution in [-0.4, -0.2) is 15.8 Å². The number of aromatic nitrogens is 2. The Morgan fingerprint density at radius 3 is 2.94 bits per heavy atom. The van der Waals surface area contributed by atoms with Crippen LogP contribution in [0, 0.1) is 6.92 Å². The average molecular weight is 230 g/mol. The summed E-state index contributed by atoms with van der Waals surface area (Å²) in [6, 6.07) is 8.22. The van der Waals surface area contributed by atoms with Gasteiger partial charge in [0.15, 0.2) is 0 Å². The molecule has 4 nitrogen and oxygen atoms in total. The number of hydrogen-bond donors (Lipinski definition) is 2. The van der Waals surface area contributed by atoms with E-state index in [1.165, 1.54) is 0 Å². The van der Waals surface area contributed by atoms with Gasteiger partial charge in [0.25, 0.3) is 0 Å². The Bertz CT molecular complexity index is 476. The molecule has 2 aromatic rings. The maximum absolute atomic E-state index is 6.02. The molecule has 3 N–H and O–H groups in total. The summed E-state index contributed by atoms with van der Waals surface area (Å²) < 4.78 is 1.91. The molecule has 0 aliphatic carbocycles. The van der Waals surface area contributed by atoms with Gasteiger partial charge in [-0.15, -0.1) is 0 Å². The predicted octanol–water partition coefficient (Wildman–Crippen LogP) is 2.27. The smallest absolute Gasteiger partial charge is 0.0608 e. The van der Waals surface area contributed by atoms with Crippen LogP contribution in [0.3, 0.4) is 0 Å². The Morgan fingerprint density at radius 2 is 2.24 bits per heavy atom. The number of hydrogen-bond acceptors (Lipinski definition) is 3. The molecule has 90 valence electrons. The van der Waals surface area contributed by atoms with Gasteiger partial charge in [-0.1, -0.05) is 12.1 Å². The molecule has 1 aromatic heterocycles. The summed E-state index contributed by atoms with van der Waals surface area (Å²) in [6.45, 7) is 4.95. The second kappa shape index (κ2) is 4.91. The minimum absolute atomic E-state index is 0.277. The van der Waals surface area contributed by atoms with Gasteiger partial charge < -0.3 is 11.1 Å². The molecule has 0 aliphatic heterocycles. The number of nitrogen functional groups attached to an aromatic ring is 1. The van der Waals surface area contributed by atoms with E-state index in [4.69, 9.17) is 5.73 Å². The van der Waals surface area contributed by atoms with E-state index in [-0.39, 0.29) is 6.04 Å². The number of nitrogens with zero attached hydrogens (tertiary/aromatic N) is 2. The third-order valence-electron chi connectivity index (χ3n) is 2.75. The summed E-state index contributed by atoms with van der Waals surface area (Å²) in [5.41, 5.74) is 8.93. The zero-order chi connectivity index (χ0) is 12.3. The Balaban J connectivity index is 2.03. The number of nitrogens with one attached hydrogen (secondary N) is 1. The van der Waals surface area contributed by atoms with E-state index in [9.17, 15) is 0 Å². The second-order valence-electron chi connectivity index (χ2n) is 4.31. The van der Waals surface area contributed by atoms with Crippen LogP contribution >= 0.6 is 0 Å². The second-order valence-corrected chi connectivity index (χ2v) is 4.31. The van der Waals surface area contributed by atoms with Gasteiger partial charge in [0.05, 0.1) is 17.9 Å². The summed E-state index contributed by atoms with van der Waals surface area (Å²) in [7, 11) is 0. The molecule has 4 heteroatoms. The van der Waals surface area contributed by atoms with Gasteiger partial charge in [-0.05, 0) is 31.5 Å². The molecule has 0 spiro atoms.